The third kappa shape index (κ3) is 5.31. The van der Waals surface area contributed by atoms with Gasteiger partial charge in [-0.2, -0.15) is 0 Å². The Morgan fingerprint density at radius 2 is 1.83 bits per heavy atom. The molecule has 3 N–H and O–H groups in total. The lowest BCUT2D eigenvalue weighted by atomic mass is 10.3. The van der Waals surface area contributed by atoms with Crippen molar-refractivity contribution in [2.24, 2.45) is 0 Å². The zero-order chi connectivity index (χ0) is 16.5. The Morgan fingerprint density at radius 1 is 1.04 bits per heavy atom. The number of hydrogen-bond donors (Lipinski definition) is 3. The zero-order valence-electron chi connectivity index (χ0n) is 12.7. The largest absolute Gasteiger partial charge is 0.497 e. The number of nitrogens with one attached hydrogen (secondary N) is 3. The van der Waals surface area contributed by atoms with Gasteiger partial charge in [-0.1, -0.05) is 6.07 Å². The molecule has 0 bridgehead atoms. The second-order valence-corrected chi connectivity index (χ2v) is 4.58. The van der Waals surface area contributed by atoms with Crippen LogP contribution < -0.4 is 20.7 Å². The number of carbonyl (C=O) groups is 2. The molecule has 0 spiro atoms. The van der Waals surface area contributed by atoms with Crippen molar-refractivity contribution in [2.75, 3.05) is 30.8 Å². The van der Waals surface area contributed by atoms with Gasteiger partial charge in [-0.05, 0) is 36.4 Å². The van der Waals surface area contributed by atoms with E-state index in [2.05, 4.69) is 20.9 Å². The van der Waals surface area contributed by atoms with Gasteiger partial charge in [0.25, 0.3) is 0 Å². The van der Waals surface area contributed by atoms with Crippen LogP contribution in [0.15, 0.2) is 48.7 Å². The molecule has 0 aliphatic rings. The summed E-state index contributed by atoms with van der Waals surface area (Å²) in [6, 6.07) is 12.2. The van der Waals surface area contributed by atoms with Crippen LogP contribution in [0.25, 0.3) is 0 Å². The predicted molar refractivity (Wildman–Crippen MR) is 87.4 cm³/mol. The molecule has 2 rings (SSSR count). The standard InChI is InChI=1S/C16H18N4O3/c1-23-13-7-5-12(6-8-13)20-16(22)15(21)19-11-10-18-14-4-2-3-9-17-14/h2-9H,10-11H2,1H3,(H,17,18)(H,19,21)(H,20,22). The third-order valence-corrected chi connectivity index (χ3v) is 2.94. The smallest absolute Gasteiger partial charge is 0.313 e. The highest BCUT2D eigenvalue weighted by atomic mass is 16.5. The lowest BCUT2D eigenvalue weighted by molar-refractivity contribution is -0.136. The van der Waals surface area contributed by atoms with Gasteiger partial charge in [0.15, 0.2) is 0 Å². The van der Waals surface area contributed by atoms with Gasteiger partial charge in [0.05, 0.1) is 7.11 Å². The second-order valence-electron chi connectivity index (χ2n) is 4.58. The fourth-order valence-corrected chi connectivity index (χ4v) is 1.78. The van der Waals surface area contributed by atoms with Crippen molar-refractivity contribution in [1.29, 1.82) is 0 Å². The number of pyridine rings is 1. The summed E-state index contributed by atoms with van der Waals surface area (Å²) in [6.45, 7) is 0.782. The molecule has 0 radical (unpaired) electrons. The van der Waals surface area contributed by atoms with Gasteiger partial charge < -0.3 is 20.7 Å². The Morgan fingerprint density at radius 3 is 2.48 bits per heavy atom. The van der Waals surface area contributed by atoms with E-state index >= 15 is 0 Å². The first kappa shape index (κ1) is 16.3. The van der Waals surface area contributed by atoms with Crippen LogP contribution >= 0.6 is 0 Å². The van der Waals surface area contributed by atoms with Gasteiger partial charge in [0.1, 0.15) is 11.6 Å². The van der Waals surface area contributed by atoms with Gasteiger partial charge >= 0.3 is 11.8 Å². The summed E-state index contributed by atoms with van der Waals surface area (Å²) in [5.74, 6) is -0.0193. The summed E-state index contributed by atoms with van der Waals surface area (Å²) in [6.07, 6.45) is 1.67. The van der Waals surface area contributed by atoms with E-state index < -0.39 is 11.8 Å². The van der Waals surface area contributed by atoms with E-state index in [0.717, 1.165) is 0 Å². The summed E-state index contributed by atoms with van der Waals surface area (Å²) in [7, 11) is 1.56. The van der Waals surface area contributed by atoms with Gasteiger partial charge in [0, 0.05) is 25.0 Å². The molecule has 0 saturated heterocycles. The van der Waals surface area contributed by atoms with Crippen LogP contribution in [-0.4, -0.2) is 37.0 Å². The number of carbonyl (C=O) groups excluding carboxylic acids is 2. The van der Waals surface area contributed by atoms with Gasteiger partial charge in [-0.15, -0.1) is 0 Å². The van der Waals surface area contributed by atoms with Crippen LogP contribution in [0.4, 0.5) is 11.5 Å². The topological polar surface area (TPSA) is 92.3 Å². The minimum atomic E-state index is -0.715. The minimum Gasteiger partial charge on any atom is -0.497 e. The number of aromatic nitrogens is 1. The molecule has 0 atom stereocenters. The van der Waals surface area contributed by atoms with Crippen LogP contribution in [0, 0.1) is 0 Å². The summed E-state index contributed by atoms with van der Waals surface area (Å²) < 4.78 is 5.02. The average Bonchev–Trinajstić information content (AvgIpc) is 2.60. The van der Waals surface area contributed by atoms with Crippen LogP contribution in [0.5, 0.6) is 5.75 Å². The van der Waals surface area contributed by atoms with E-state index in [1.165, 1.54) is 0 Å². The highest BCUT2D eigenvalue weighted by molar-refractivity contribution is 6.39. The number of amides is 2. The maximum absolute atomic E-state index is 11.7. The molecule has 7 heteroatoms. The molecule has 1 aromatic heterocycles. The summed E-state index contributed by atoms with van der Waals surface area (Å²) in [4.78, 5) is 27.5. The Bertz CT molecular complexity index is 644. The number of anilines is 2. The fourth-order valence-electron chi connectivity index (χ4n) is 1.78. The number of benzene rings is 1. The molecular formula is C16H18N4O3. The number of nitrogens with zero attached hydrogens (tertiary/aromatic N) is 1. The first-order chi connectivity index (χ1) is 11.2. The van der Waals surface area contributed by atoms with Crippen molar-refractivity contribution in [3.05, 3.63) is 48.7 Å². The zero-order valence-corrected chi connectivity index (χ0v) is 12.7. The van der Waals surface area contributed by atoms with Crippen LogP contribution in [0.2, 0.25) is 0 Å². The summed E-state index contributed by atoms with van der Waals surface area (Å²) in [5, 5.41) is 8.07. The van der Waals surface area contributed by atoms with E-state index in [0.29, 0.717) is 30.3 Å². The molecular weight excluding hydrogens is 296 g/mol. The van der Waals surface area contributed by atoms with Crippen molar-refractivity contribution in [2.45, 2.75) is 0 Å². The molecule has 2 amide bonds. The van der Waals surface area contributed by atoms with E-state index in [-0.39, 0.29) is 0 Å². The van der Waals surface area contributed by atoms with E-state index in [4.69, 9.17) is 4.74 Å². The van der Waals surface area contributed by atoms with Gasteiger partial charge in [-0.3, -0.25) is 9.59 Å². The highest BCUT2D eigenvalue weighted by Gasteiger charge is 2.12. The Balaban J connectivity index is 1.71. The monoisotopic (exact) mass is 314 g/mol. The lowest BCUT2D eigenvalue weighted by Crippen LogP contribution is -2.37. The second kappa shape index (κ2) is 8.38. The normalized spacial score (nSPS) is 9.78. The quantitative estimate of drug-likeness (QED) is 0.551. The Hall–Kier alpha value is -3.09. The number of ether oxygens (including phenoxy) is 1. The van der Waals surface area contributed by atoms with E-state index in [1.54, 1.807) is 37.6 Å². The molecule has 0 aliphatic heterocycles. The van der Waals surface area contributed by atoms with Crippen molar-refractivity contribution >= 4 is 23.3 Å². The highest BCUT2D eigenvalue weighted by Crippen LogP contribution is 2.14. The molecule has 1 aromatic carbocycles. The molecule has 0 saturated carbocycles. The molecule has 0 unspecified atom stereocenters. The summed E-state index contributed by atoms with van der Waals surface area (Å²) in [5.41, 5.74) is 0.526. The third-order valence-electron chi connectivity index (χ3n) is 2.94. The molecule has 0 aliphatic carbocycles. The average molecular weight is 314 g/mol. The van der Waals surface area contributed by atoms with Crippen molar-refractivity contribution < 1.29 is 14.3 Å². The van der Waals surface area contributed by atoms with E-state index in [1.807, 2.05) is 18.2 Å². The van der Waals surface area contributed by atoms with Crippen molar-refractivity contribution in [3.63, 3.8) is 0 Å². The van der Waals surface area contributed by atoms with Crippen LogP contribution in [0.1, 0.15) is 0 Å². The SMILES string of the molecule is COc1ccc(NC(=O)C(=O)NCCNc2ccccn2)cc1. The first-order valence-electron chi connectivity index (χ1n) is 7.07. The Labute approximate surface area is 134 Å². The maximum Gasteiger partial charge on any atom is 0.313 e. The molecule has 120 valence electrons. The summed E-state index contributed by atoms with van der Waals surface area (Å²) >= 11 is 0. The minimum absolute atomic E-state index is 0.311. The van der Waals surface area contributed by atoms with Gasteiger partial charge in [0.2, 0.25) is 0 Å². The number of hydrogen-bond acceptors (Lipinski definition) is 5. The molecule has 1 heterocycles. The molecule has 7 nitrogen and oxygen atoms in total. The predicted octanol–water partition coefficient (Wildman–Crippen LogP) is 1.26. The van der Waals surface area contributed by atoms with Crippen LogP contribution in [0.3, 0.4) is 0 Å². The van der Waals surface area contributed by atoms with Crippen molar-refractivity contribution in [3.8, 4) is 5.75 Å². The van der Waals surface area contributed by atoms with Crippen molar-refractivity contribution in [1.82, 2.24) is 10.3 Å². The van der Waals surface area contributed by atoms with E-state index in [9.17, 15) is 9.59 Å². The fraction of sp³-hybridized carbons (Fsp3) is 0.188. The number of rotatable bonds is 6. The van der Waals surface area contributed by atoms with Crippen LogP contribution in [-0.2, 0) is 9.59 Å². The Kier molecular flexibility index (Phi) is 5.93. The first-order valence-corrected chi connectivity index (χ1v) is 7.07. The molecule has 0 fully saturated rings. The number of methoxy groups -OCH3 is 1. The molecule has 2 aromatic rings. The molecule has 23 heavy (non-hydrogen) atoms. The lowest BCUT2D eigenvalue weighted by Gasteiger charge is -2.08. The maximum atomic E-state index is 11.7. The van der Waals surface area contributed by atoms with Gasteiger partial charge in [-0.25, -0.2) is 4.98 Å².